The van der Waals surface area contributed by atoms with Crippen molar-refractivity contribution in [1.82, 2.24) is 15.0 Å². The predicted molar refractivity (Wildman–Crippen MR) is 128 cm³/mol. The number of nitrogens with two attached hydrogens (primary N) is 1. The number of rotatable bonds is 6. The third-order valence-corrected chi connectivity index (χ3v) is 6.10. The Morgan fingerprint density at radius 3 is 2.74 bits per heavy atom. The van der Waals surface area contributed by atoms with E-state index in [4.69, 9.17) is 20.4 Å². The highest BCUT2D eigenvalue weighted by molar-refractivity contribution is 6.12. The minimum Gasteiger partial charge on any atom is -0.398 e. The maximum absolute atomic E-state index is 6.47. The summed E-state index contributed by atoms with van der Waals surface area (Å²) < 4.78 is 5.44. The number of benzene rings is 1. The Hall–Kier alpha value is -3.12. The average molecular weight is 416 g/mol. The van der Waals surface area contributed by atoms with Gasteiger partial charge in [-0.2, -0.15) is 0 Å². The van der Waals surface area contributed by atoms with Crippen molar-refractivity contribution in [2.24, 2.45) is 0 Å². The summed E-state index contributed by atoms with van der Waals surface area (Å²) in [5.41, 5.74) is 13.4. The van der Waals surface area contributed by atoms with Crippen LogP contribution < -0.4 is 10.6 Å². The van der Waals surface area contributed by atoms with E-state index in [1.807, 2.05) is 12.3 Å². The summed E-state index contributed by atoms with van der Waals surface area (Å²) in [6.45, 7) is 5.58. The van der Waals surface area contributed by atoms with Crippen LogP contribution in [0, 0.1) is 0 Å². The lowest BCUT2D eigenvalue weighted by Crippen LogP contribution is -2.36. The van der Waals surface area contributed by atoms with E-state index in [2.05, 4.69) is 47.1 Å². The molecule has 0 atom stereocenters. The molecule has 3 aromatic heterocycles. The van der Waals surface area contributed by atoms with Gasteiger partial charge in [0.1, 0.15) is 5.65 Å². The zero-order valence-electron chi connectivity index (χ0n) is 18.0. The number of H-pyrrole nitrogens is 1. The molecule has 160 valence electrons. The highest BCUT2D eigenvalue weighted by atomic mass is 16.5. The molecule has 1 fully saturated rings. The zero-order valence-corrected chi connectivity index (χ0v) is 18.0. The number of fused-ring (bicyclic) bond motifs is 3. The van der Waals surface area contributed by atoms with Crippen LogP contribution in [-0.4, -0.2) is 41.3 Å². The Balaban J connectivity index is 1.47. The summed E-state index contributed by atoms with van der Waals surface area (Å²) >= 11 is 0. The highest BCUT2D eigenvalue weighted by Crippen LogP contribution is 2.33. The first-order valence-electron chi connectivity index (χ1n) is 11.2. The van der Waals surface area contributed by atoms with E-state index in [0.29, 0.717) is 0 Å². The molecule has 3 N–H and O–H groups in total. The Bertz CT molecular complexity index is 1190. The lowest BCUT2D eigenvalue weighted by Gasteiger charge is -2.28. The molecule has 0 spiro atoms. The molecule has 0 saturated carbocycles. The zero-order chi connectivity index (χ0) is 21.2. The fourth-order valence-electron chi connectivity index (χ4n) is 4.39. The SMILES string of the molecule is CCCCCc1cc(N)c2c(n1)[nH]c1ccc(-c3ccc(N4CCOCC4)cn3)cc12. The summed E-state index contributed by atoms with van der Waals surface area (Å²) in [5, 5.41) is 2.10. The number of anilines is 2. The fraction of sp³-hybridized carbons (Fsp3) is 0.360. The van der Waals surface area contributed by atoms with Gasteiger partial charge in [-0.1, -0.05) is 25.8 Å². The minimum absolute atomic E-state index is 0.773. The molecule has 4 aromatic rings. The molecule has 0 aliphatic carbocycles. The van der Waals surface area contributed by atoms with Crippen molar-refractivity contribution in [2.75, 3.05) is 36.9 Å². The Kier molecular flexibility index (Phi) is 5.47. The summed E-state index contributed by atoms with van der Waals surface area (Å²) in [7, 11) is 0. The molecular weight excluding hydrogens is 386 g/mol. The molecule has 0 unspecified atom stereocenters. The van der Waals surface area contributed by atoms with Crippen molar-refractivity contribution in [3.63, 3.8) is 0 Å². The lowest BCUT2D eigenvalue weighted by molar-refractivity contribution is 0.122. The lowest BCUT2D eigenvalue weighted by atomic mass is 10.1. The van der Waals surface area contributed by atoms with Gasteiger partial charge in [-0.3, -0.25) is 4.98 Å². The molecule has 6 nitrogen and oxygen atoms in total. The van der Waals surface area contributed by atoms with E-state index < -0.39 is 0 Å². The first-order chi connectivity index (χ1) is 15.2. The second-order valence-corrected chi connectivity index (χ2v) is 8.27. The first kappa shape index (κ1) is 19.8. The van der Waals surface area contributed by atoms with Crippen LogP contribution in [-0.2, 0) is 11.2 Å². The number of nitrogens with one attached hydrogen (secondary N) is 1. The summed E-state index contributed by atoms with van der Waals surface area (Å²) in [6, 6.07) is 12.6. The largest absolute Gasteiger partial charge is 0.398 e. The van der Waals surface area contributed by atoms with Crippen molar-refractivity contribution in [1.29, 1.82) is 0 Å². The predicted octanol–water partition coefficient (Wildman–Crippen LogP) is 4.93. The van der Waals surface area contributed by atoms with Gasteiger partial charge in [0.05, 0.1) is 30.8 Å². The monoisotopic (exact) mass is 415 g/mol. The number of aromatic amines is 1. The van der Waals surface area contributed by atoms with E-state index >= 15 is 0 Å². The number of aromatic nitrogens is 3. The van der Waals surface area contributed by atoms with Gasteiger partial charge in [-0.05, 0) is 43.2 Å². The third-order valence-electron chi connectivity index (χ3n) is 6.10. The van der Waals surface area contributed by atoms with Gasteiger partial charge in [0.15, 0.2) is 0 Å². The van der Waals surface area contributed by atoms with Gasteiger partial charge in [0.25, 0.3) is 0 Å². The van der Waals surface area contributed by atoms with Gasteiger partial charge in [0.2, 0.25) is 0 Å². The fourth-order valence-corrected chi connectivity index (χ4v) is 4.39. The van der Waals surface area contributed by atoms with Crippen molar-refractivity contribution in [3.8, 4) is 11.3 Å². The molecular formula is C25H29N5O. The van der Waals surface area contributed by atoms with Gasteiger partial charge < -0.3 is 20.4 Å². The molecule has 1 saturated heterocycles. The molecule has 31 heavy (non-hydrogen) atoms. The molecule has 6 heteroatoms. The standard InChI is InChI=1S/C25H29N5O/c1-2-3-4-5-18-15-21(26)24-20-14-17(6-8-23(20)29-25(24)28-18)22-9-7-19(16-27-22)30-10-12-31-13-11-30/h6-9,14-16H,2-5,10-13H2,1H3,(H3,26,28,29). The Morgan fingerprint density at radius 2 is 1.97 bits per heavy atom. The number of morpholine rings is 1. The van der Waals surface area contributed by atoms with Crippen LogP contribution in [0.25, 0.3) is 33.2 Å². The number of unbranched alkanes of at least 4 members (excludes halogenated alkanes) is 2. The molecule has 5 rings (SSSR count). The molecule has 1 aliphatic heterocycles. The number of ether oxygens (including phenoxy) is 1. The van der Waals surface area contributed by atoms with E-state index in [-0.39, 0.29) is 0 Å². The van der Waals surface area contributed by atoms with Crippen molar-refractivity contribution in [3.05, 3.63) is 48.3 Å². The van der Waals surface area contributed by atoms with Crippen LogP contribution in [0.2, 0.25) is 0 Å². The van der Waals surface area contributed by atoms with E-state index in [1.54, 1.807) is 0 Å². The second kappa shape index (κ2) is 8.55. The summed E-state index contributed by atoms with van der Waals surface area (Å²) in [5.74, 6) is 0. The van der Waals surface area contributed by atoms with Crippen molar-refractivity contribution >= 4 is 33.3 Å². The van der Waals surface area contributed by atoms with Crippen LogP contribution in [0.4, 0.5) is 11.4 Å². The van der Waals surface area contributed by atoms with Crippen LogP contribution >= 0.6 is 0 Å². The molecule has 1 aromatic carbocycles. The molecule has 0 bridgehead atoms. The molecule has 0 radical (unpaired) electrons. The van der Waals surface area contributed by atoms with Crippen molar-refractivity contribution < 1.29 is 4.74 Å². The molecule has 1 aliphatic rings. The van der Waals surface area contributed by atoms with E-state index in [0.717, 1.165) is 89.4 Å². The molecule has 4 heterocycles. The smallest absolute Gasteiger partial charge is 0.140 e. The van der Waals surface area contributed by atoms with Gasteiger partial charge in [-0.25, -0.2) is 4.98 Å². The minimum atomic E-state index is 0.773. The van der Waals surface area contributed by atoms with Crippen LogP contribution in [0.15, 0.2) is 42.6 Å². The topological polar surface area (TPSA) is 80.1 Å². The number of pyridine rings is 2. The third kappa shape index (κ3) is 3.95. The second-order valence-electron chi connectivity index (χ2n) is 8.27. The van der Waals surface area contributed by atoms with E-state index in [1.165, 1.54) is 12.8 Å². The summed E-state index contributed by atoms with van der Waals surface area (Å²) in [4.78, 5) is 15.3. The molecule has 0 amide bonds. The number of aryl methyl sites for hydroxylation is 1. The first-order valence-corrected chi connectivity index (χ1v) is 11.2. The number of nitrogens with zero attached hydrogens (tertiary/aromatic N) is 3. The summed E-state index contributed by atoms with van der Waals surface area (Å²) in [6.07, 6.45) is 6.49. The van der Waals surface area contributed by atoms with Crippen LogP contribution in [0.1, 0.15) is 31.9 Å². The number of hydrogen-bond donors (Lipinski definition) is 2. The van der Waals surface area contributed by atoms with Gasteiger partial charge in [0, 0.05) is 46.3 Å². The van der Waals surface area contributed by atoms with Crippen LogP contribution in [0.3, 0.4) is 0 Å². The average Bonchev–Trinajstić information content (AvgIpc) is 3.18. The number of nitrogen functional groups attached to an aromatic ring is 1. The van der Waals surface area contributed by atoms with Crippen molar-refractivity contribution in [2.45, 2.75) is 32.6 Å². The van der Waals surface area contributed by atoms with Crippen LogP contribution in [0.5, 0.6) is 0 Å². The maximum Gasteiger partial charge on any atom is 0.140 e. The Labute approximate surface area is 182 Å². The normalized spacial score (nSPS) is 14.5. The van der Waals surface area contributed by atoms with Gasteiger partial charge >= 0.3 is 0 Å². The highest BCUT2D eigenvalue weighted by Gasteiger charge is 2.14. The number of hydrogen-bond acceptors (Lipinski definition) is 5. The quantitative estimate of drug-likeness (QED) is 0.437. The maximum atomic E-state index is 6.47. The Morgan fingerprint density at radius 1 is 1.10 bits per heavy atom. The van der Waals surface area contributed by atoms with E-state index in [9.17, 15) is 0 Å². The van der Waals surface area contributed by atoms with Gasteiger partial charge in [-0.15, -0.1) is 0 Å².